The Morgan fingerprint density at radius 3 is 2.41 bits per heavy atom. The van der Waals surface area contributed by atoms with Gasteiger partial charge in [0.1, 0.15) is 5.82 Å². The predicted octanol–water partition coefficient (Wildman–Crippen LogP) is 4.43. The molecule has 0 amide bonds. The van der Waals surface area contributed by atoms with Gasteiger partial charge in [-0.2, -0.15) is 4.98 Å². The minimum absolute atomic E-state index is 0.00661. The Morgan fingerprint density at radius 2 is 1.73 bits per heavy atom. The summed E-state index contributed by atoms with van der Waals surface area (Å²) in [5.74, 6) is 1.09. The van der Waals surface area contributed by atoms with Gasteiger partial charge in [-0.25, -0.2) is 18.1 Å². The van der Waals surface area contributed by atoms with Crippen molar-refractivity contribution in [2.75, 3.05) is 17.2 Å². The monoisotopic (exact) mass is 528 g/mol. The van der Waals surface area contributed by atoms with Crippen molar-refractivity contribution in [3.8, 4) is 0 Å². The van der Waals surface area contributed by atoms with Crippen molar-refractivity contribution in [1.82, 2.24) is 14.7 Å². The fourth-order valence-electron chi connectivity index (χ4n) is 5.01. The number of hydrogen-bond acceptors (Lipinski definition) is 8. The topological polar surface area (TPSA) is 140 Å². The highest BCUT2D eigenvalue weighted by atomic mass is 32.2. The second kappa shape index (κ2) is 12.8. The fourth-order valence-corrected chi connectivity index (χ4v) is 6.32. The van der Waals surface area contributed by atoms with Gasteiger partial charge in [0, 0.05) is 30.4 Å². The van der Waals surface area contributed by atoms with Crippen LogP contribution in [0.15, 0.2) is 35.4 Å². The first kappa shape index (κ1) is 27.5. The molecule has 9 nitrogen and oxygen atoms in total. The molecular formula is C27H40N6O3S. The molecule has 2 fully saturated rings. The molecule has 0 saturated heterocycles. The van der Waals surface area contributed by atoms with Gasteiger partial charge in [0.2, 0.25) is 16.0 Å². The minimum Gasteiger partial charge on any atom is -0.393 e. The normalized spacial score (nSPS) is 20.9. The lowest BCUT2D eigenvalue weighted by Crippen LogP contribution is -2.36. The summed E-state index contributed by atoms with van der Waals surface area (Å²) >= 11 is 0. The molecule has 5 N–H and O–H groups in total. The number of nitrogens with one attached hydrogen (secondary N) is 4. The van der Waals surface area contributed by atoms with Gasteiger partial charge in [-0.1, -0.05) is 44.7 Å². The van der Waals surface area contributed by atoms with Crippen LogP contribution in [0.5, 0.6) is 0 Å². The second-order valence-electron chi connectivity index (χ2n) is 10.2. The lowest BCUT2D eigenvalue weighted by molar-refractivity contribution is 0.126. The zero-order chi connectivity index (χ0) is 26.3. The van der Waals surface area contributed by atoms with E-state index in [9.17, 15) is 13.5 Å². The van der Waals surface area contributed by atoms with Crippen LogP contribution in [0.25, 0.3) is 0 Å². The van der Waals surface area contributed by atoms with E-state index in [4.69, 9.17) is 5.41 Å². The van der Waals surface area contributed by atoms with Crippen molar-refractivity contribution < 1.29 is 13.5 Å². The Morgan fingerprint density at radius 1 is 1.03 bits per heavy atom. The summed E-state index contributed by atoms with van der Waals surface area (Å²) in [5.41, 5.74) is 1.37. The number of benzene rings is 1. The molecule has 2 aliphatic rings. The number of nitrogens with zero attached hydrogens (tertiary/aromatic N) is 2. The molecule has 10 heteroatoms. The van der Waals surface area contributed by atoms with Crippen molar-refractivity contribution >= 4 is 27.5 Å². The van der Waals surface area contributed by atoms with E-state index in [0.29, 0.717) is 22.9 Å². The van der Waals surface area contributed by atoms with E-state index in [1.165, 1.54) is 0 Å². The highest BCUT2D eigenvalue weighted by Gasteiger charge is 2.24. The lowest BCUT2D eigenvalue weighted by Gasteiger charge is -2.27. The predicted molar refractivity (Wildman–Crippen MR) is 147 cm³/mol. The Bertz CT molecular complexity index is 1140. The first-order chi connectivity index (χ1) is 17.9. The maximum absolute atomic E-state index is 12.9. The summed E-state index contributed by atoms with van der Waals surface area (Å²) in [5, 5.41) is 25.5. The number of unbranched alkanes of at least 4 members (excludes halogenated alkanes) is 1. The van der Waals surface area contributed by atoms with Gasteiger partial charge in [-0.3, -0.25) is 5.41 Å². The number of rotatable bonds is 11. The zero-order valence-electron chi connectivity index (χ0n) is 21.7. The molecule has 37 heavy (non-hydrogen) atoms. The molecule has 1 aromatic heterocycles. The molecule has 1 aromatic carbocycles. The largest absolute Gasteiger partial charge is 0.393 e. The van der Waals surface area contributed by atoms with Gasteiger partial charge >= 0.3 is 0 Å². The quantitative estimate of drug-likeness (QED) is 0.215. The van der Waals surface area contributed by atoms with E-state index in [1.54, 1.807) is 30.5 Å². The zero-order valence-corrected chi connectivity index (χ0v) is 22.5. The van der Waals surface area contributed by atoms with Gasteiger partial charge in [0.05, 0.1) is 22.3 Å². The Balaban J connectivity index is 1.52. The molecule has 0 bridgehead atoms. The maximum atomic E-state index is 12.9. The SMILES string of the molecule is CCCCNc1ncc(C(=N)c2ccc(S(=O)(=O)NC3CCCCC3)cc2)c(NC2CCC(O)CC2)n1. The van der Waals surface area contributed by atoms with Gasteiger partial charge < -0.3 is 15.7 Å². The van der Waals surface area contributed by atoms with Crippen LogP contribution in [-0.2, 0) is 10.0 Å². The van der Waals surface area contributed by atoms with Crippen molar-refractivity contribution in [3.05, 3.63) is 41.6 Å². The van der Waals surface area contributed by atoms with E-state index in [1.807, 2.05) is 0 Å². The first-order valence-electron chi connectivity index (χ1n) is 13.6. The average Bonchev–Trinajstić information content (AvgIpc) is 2.90. The number of hydrogen-bond donors (Lipinski definition) is 5. The van der Waals surface area contributed by atoms with Crippen molar-refractivity contribution in [2.45, 2.75) is 101 Å². The Kier molecular flexibility index (Phi) is 9.50. The smallest absolute Gasteiger partial charge is 0.240 e. The fraction of sp³-hybridized carbons (Fsp3) is 0.593. The van der Waals surface area contributed by atoms with Crippen LogP contribution in [0.1, 0.15) is 88.7 Å². The van der Waals surface area contributed by atoms with Crippen molar-refractivity contribution in [3.63, 3.8) is 0 Å². The highest BCUT2D eigenvalue weighted by molar-refractivity contribution is 7.89. The van der Waals surface area contributed by atoms with Crippen molar-refractivity contribution in [1.29, 1.82) is 5.41 Å². The number of anilines is 2. The average molecular weight is 529 g/mol. The van der Waals surface area contributed by atoms with Gasteiger partial charge in [0.25, 0.3) is 0 Å². The van der Waals surface area contributed by atoms with E-state index in [2.05, 4.69) is 32.2 Å². The van der Waals surface area contributed by atoms with Crippen LogP contribution >= 0.6 is 0 Å². The van der Waals surface area contributed by atoms with Crippen LogP contribution in [-0.4, -0.2) is 53.9 Å². The number of aromatic nitrogens is 2. The summed E-state index contributed by atoms with van der Waals surface area (Å²) in [6, 6.07) is 6.62. The lowest BCUT2D eigenvalue weighted by atomic mass is 9.93. The third kappa shape index (κ3) is 7.49. The molecule has 0 spiro atoms. The number of sulfonamides is 1. The van der Waals surface area contributed by atoms with Crippen LogP contribution in [0.2, 0.25) is 0 Å². The summed E-state index contributed by atoms with van der Waals surface area (Å²) < 4.78 is 28.6. The minimum atomic E-state index is -3.60. The molecule has 0 atom stereocenters. The molecule has 2 saturated carbocycles. The first-order valence-corrected chi connectivity index (χ1v) is 15.1. The van der Waals surface area contributed by atoms with Gasteiger partial charge in [-0.05, 0) is 57.1 Å². The molecular weight excluding hydrogens is 488 g/mol. The molecule has 0 aliphatic heterocycles. The van der Waals surface area contributed by atoms with E-state index in [-0.39, 0.29) is 28.8 Å². The summed E-state index contributed by atoms with van der Waals surface area (Å²) in [6.45, 7) is 2.90. The maximum Gasteiger partial charge on any atom is 0.240 e. The van der Waals surface area contributed by atoms with E-state index < -0.39 is 10.0 Å². The third-order valence-electron chi connectivity index (χ3n) is 7.29. The Hall–Kier alpha value is -2.56. The molecule has 2 aliphatic carbocycles. The van der Waals surface area contributed by atoms with Gasteiger partial charge in [-0.15, -0.1) is 0 Å². The summed E-state index contributed by atoms with van der Waals surface area (Å²) in [4.78, 5) is 9.33. The molecule has 0 unspecified atom stereocenters. The third-order valence-corrected chi connectivity index (χ3v) is 8.83. The number of aliphatic hydroxyl groups excluding tert-OH is 1. The van der Waals surface area contributed by atoms with Crippen LogP contribution < -0.4 is 15.4 Å². The highest BCUT2D eigenvalue weighted by Crippen LogP contribution is 2.26. The number of aliphatic hydroxyl groups is 1. The van der Waals surface area contributed by atoms with E-state index >= 15 is 0 Å². The molecule has 2 aromatic rings. The molecule has 1 heterocycles. The summed E-state index contributed by atoms with van der Waals surface area (Å²) in [6.07, 6.45) is 11.6. The second-order valence-corrected chi connectivity index (χ2v) is 12.0. The van der Waals surface area contributed by atoms with Gasteiger partial charge in [0.15, 0.2) is 0 Å². The molecule has 0 radical (unpaired) electrons. The Labute approximate surface area is 220 Å². The molecule has 4 rings (SSSR count). The molecule has 202 valence electrons. The standard InChI is InChI=1S/C27H40N6O3S/c1-2-3-17-29-27-30-18-24(26(32-27)31-20-11-13-22(34)14-12-20)25(28)19-9-15-23(16-10-19)37(35,36)33-21-7-5-4-6-8-21/h9-10,15-16,18,20-22,28,33-34H,2-8,11-14,17H2,1H3,(H2,29,30,31,32). The van der Waals surface area contributed by atoms with Crippen LogP contribution in [0.4, 0.5) is 11.8 Å². The van der Waals surface area contributed by atoms with Crippen LogP contribution in [0.3, 0.4) is 0 Å². The van der Waals surface area contributed by atoms with Crippen LogP contribution in [0, 0.1) is 5.41 Å². The van der Waals surface area contributed by atoms with E-state index in [0.717, 1.165) is 77.2 Å². The van der Waals surface area contributed by atoms with Crippen molar-refractivity contribution in [2.24, 2.45) is 0 Å². The summed E-state index contributed by atoms with van der Waals surface area (Å²) in [7, 11) is -3.60.